The molecule has 0 radical (unpaired) electrons. The molecule has 1 N–H and O–H groups in total. The lowest BCUT2D eigenvalue weighted by molar-refractivity contribution is -0.384. The van der Waals surface area contributed by atoms with Crippen LogP contribution in [-0.4, -0.2) is 10.8 Å². The van der Waals surface area contributed by atoms with E-state index in [2.05, 4.69) is 43.3 Å². The zero-order chi connectivity index (χ0) is 19.1. The van der Waals surface area contributed by atoms with Gasteiger partial charge in [-0.1, -0.05) is 30.3 Å². The van der Waals surface area contributed by atoms with E-state index in [-0.39, 0.29) is 5.69 Å². The van der Waals surface area contributed by atoms with Crippen LogP contribution in [0.15, 0.2) is 94.2 Å². The number of nitrogens with one attached hydrogen (secondary N) is 1. The zero-order valence-corrected chi connectivity index (χ0v) is 16.1. The Morgan fingerprint density at radius 3 is 2.22 bits per heavy atom. The minimum absolute atomic E-state index is 0.0196. The van der Waals surface area contributed by atoms with Gasteiger partial charge in [-0.2, -0.15) is 5.10 Å². The quantitative estimate of drug-likeness (QED) is 0.128. The van der Waals surface area contributed by atoms with Crippen LogP contribution < -0.4 is 5.43 Å². The summed E-state index contributed by atoms with van der Waals surface area (Å²) >= 11 is 2.23. The van der Waals surface area contributed by atoms with Crippen molar-refractivity contribution in [1.82, 2.24) is 0 Å². The van der Waals surface area contributed by atoms with Gasteiger partial charge in [-0.25, -0.2) is 0 Å². The maximum atomic E-state index is 10.7. The van der Waals surface area contributed by atoms with Gasteiger partial charge < -0.3 is 0 Å². The highest BCUT2D eigenvalue weighted by Crippen LogP contribution is 2.17. The summed E-state index contributed by atoms with van der Waals surface area (Å²) in [5, 5.41) is 23.5. The monoisotopic (exact) mass is 471 g/mol. The van der Waals surface area contributed by atoms with E-state index in [0.717, 1.165) is 14.8 Å². The Morgan fingerprint density at radius 1 is 0.926 bits per heavy atom. The Hall–Kier alpha value is -3.14. The molecular formula is C19H14IN5O2. The maximum Gasteiger partial charge on any atom is 0.269 e. The van der Waals surface area contributed by atoms with Crippen molar-refractivity contribution in [2.45, 2.75) is 0 Å². The van der Waals surface area contributed by atoms with Crippen LogP contribution in [0.3, 0.4) is 0 Å². The summed E-state index contributed by atoms with van der Waals surface area (Å²) in [6, 6.07) is 23.1. The normalized spacial score (nSPS) is 11.5. The lowest BCUT2D eigenvalue weighted by atomic mass is 10.2. The average Bonchev–Trinajstić information content (AvgIpc) is 2.70. The Labute approximate surface area is 169 Å². The first-order valence-corrected chi connectivity index (χ1v) is 9.00. The second-order valence-electron chi connectivity index (χ2n) is 5.39. The number of hydrogen-bond donors (Lipinski definition) is 1. The fourth-order valence-electron chi connectivity index (χ4n) is 2.12. The largest absolute Gasteiger partial charge is 0.276 e. The molecule has 0 saturated heterocycles. The minimum atomic E-state index is -0.447. The van der Waals surface area contributed by atoms with Gasteiger partial charge in [-0.05, 0) is 59.0 Å². The minimum Gasteiger partial charge on any atom is -0.276 e. The first-order valence-electron chi connectivity index (χ1n) is 7.93. The molecule has 0 atom stereocenters. The molecule has 3 aromatic rings. The molecule has 0 aromatic heterocycles. The van der Waals surface area contributed by atoms with E-state index in [1.807, 2.05) is 54.6 Å². The Kier molecular flexibility index (Phi) is 6.21. The molecule has 134 valence electrons. The van der Waals surface area contributed by atoms with E-state index in [0.29, 0.717) is 11.5 Å². The van der Waals surface area contributed by atoms with Crippen molar-refractivity contribution in [2.24, 2.45) is 15.3 Å². The van der Waals surface area contributed by atoms with Gasteiger partial charge in [0.25, 0.3) is 5.69 Å². The molecule has 0 unspecified atom stereocenters. The third kappa shape index (κ3) is 5.42. The molecule has 0 aliphatic carbocycles. The van der Waals surface area contributed by atoms with Gasteiger partial charge in [0, 0.05) is 21.3 Å². The molecular weight excluding hydrogens is 457 g/mol. The van der Waals surface area contributed by atoms with Crippen LogP contribution >= 0.6 is 22.6 Å². The van der Waals surface area contributed by atoms with Crippen molar-refractivity contribution < 1.29 is 4.92 Å². The fourth-order valence-corrected chi connectivity index (χ4v) is 2.48. The predicted octanol–water partition coefficient (Wildman–Crippen LogP) is 5.76. The molecule has 0 fully saturated rings. The highest BCUT2D eigenvalue weighted by Gasteiger charge is 2.05. The summed E-state index contributed by atoms with van der Waals surface area (Å²) in [6.07, 6.45) is 0. The van der Waals surface area contributed by atoms with Crippen LogP contribution in [0.1, 0.15) is 5.56 Å². The Bertz CT molecular complexity index is 971. The van der Waals surface area contributed by atoms with Crippen LogP contribution in [-0.2, 0) is 0 Å². The highest BCUT2D eigenvalue weighted by molar-refractivity contribution is 14.1. The van der Waals surface area contributed by atoms with Crippen molar-refractivity contribution in [3.8, 4) is 0 Å². The summed E-state index contributed by atoms with van der Waals surface area (Å²) in [7, 11) is 0. The number of azo groups is 1. The van der Waals surface area contributed by atoms with E-state index < -0.39 is 4.92 Å². The van der Waals surface area contributed by atoms with Crippen LogP contribution in [0.5, 0.6) is 0 Å². The number of rotatable bonds is 5. The first kappa shape index (κ1) is 18.6. The Balaban J connectivity index is 1.84. The van der Waals surface area contributed by atoms with Gasteiger partial charge >= 0.3 is 0 Å². The van der Waals surface area contributed by atoms with Crippen molar-refractivity contribution in [1.29, 1.82) is 0 Å². The first-order chi connectivity index (χ1) is 13.1. The molecule has 0 aliphatic heterocycles. The second kappa shape index (κ2) is 8.99. The number of benzene rings is 3. The summed E-state index contributed by atoms with van der Waals surface area (Å²) in [4.78, 5) is 10.3. The third-order valence-corrected chi connectivity index (χ3v) is 4.21. The SMILES string of the molecule is O=[N+]([O-])c1ccc(NN=C(N=Nc2ccc(I)cc2)c2ccccc2)cc1. The molecule has 3 aromatic carbocycles. The van der Waals surface area contributed by atoms with Crippen molar-refractivity contribution in [3.63, 3.8) is 0 Å². The standard InChI is InChI=1S/C19H14IN5O2/c20-15-6-8-16(9-7-15)21-23-19(14-4-2-1-3-5-14)24-22-17-10-12-18(13-11-17)25(26)27/h1-13,22H. The molecule has 0 spiro atoms. The fraction of sp³-hybridized carbons (Fsp3) is 0. The second-order valence-corrected chi connectivity index (χ2v) is 6.64. The van der Waals surface area contributed by atoms with Crippen molar-refractivity contribution >= 4 is 45.5 Å². The van der Waals surface area contributed by atoms with Gasteiger partial charge in [0.05, 0.1) is 16.3 Å². The van der Waals surface area contributed by atoms with Gasteiger partial charge in [0.2, 0.25) is 5.84 Å². The Morgan fingerprint density at radius 2 is 1.59 bits per heavy atom. The smallest absolute Gasteiger partial charge is 0.269 e. The molecule has 7 nitrogen and oxygen atoms in total. The lowest BCUT2D eigenvalue weighted by Gasteiger charge is -2.03. The molecule has 8 heteroatoms. The van der Waals surface area contributed by atoms with E-state index in [4.69, 9.17) is 0 Å². The number of anilines is 1. The summed E-state index contributed by atoms with van der Waals surface area (Å²) < 4.78 is 1.11. The van der Waals surface area contributed by atoms with Gasteiger partial charge in [-0.3, -0.25) is 15.5 Å². The molecule has 0 saturated carbocycles. The zero-order valence-electron chi connectivity index (χ0n) is 14.0. The molecule has 27 heavy (non-hydrogen) atoms. The number of halogens is 1. The number of hydrazone groups is 1. The van der Waals surface area contributed by atoms with Gasteiger partial charge in [0.15, 0.2) is 0 Å². The van der Waals surface area contributed by atoms with E-state index >= 15 is 0 Å². The number of hydrogen-bond acceptors (Lipinski definition) is 5. The average molecular weight is 471 g/mol. The predicted molar refractivity (Wildman–Crippen MR) is 113 cm³/mol. The summed E-state index contributed by atoms with van der Waals surface area (Å²) in [6.45, 7) is 0. The van der Waals surface area contributed by atoms with Crippen LogP contribution in [0.25, 0.3) is 0 Å². The number of amidine groups is 1. The lowest BCUT2D eigenvalue weighted by Crippen LogP contribution is -2.01. The summed E-state index contributed by atoms with van der Waals surface area (Å²) in [5.41, 5.74) is 5.00. The number of nitro benzene ring substituents is 1. The van der Waals surface area contributed by atoms with Gasteiger partial charge in [-0.15, -0.1) is 10.2 Å². The van der Waals surface area contributed by atoms with Crippen LogP contribution in [0.2, 0.25) is 0 Å². The molecule has 0 bridgehead atoms. The van der Waals surface area contributed by atoms with Crippen LogP contribution in [0, 0.1) is 13.7 Å². The van der Waals surface area contributed by atoms with Crippen molar-refractivity contribution in [2.75, 3.05) is 5.43 Å². The molecule has 0 heterocycles. The number of nitro groups is 1. The molecule has 3 rings (SSSR count). The molecule has 0 aliphatic rings. The van der Waals surface area contributed by atoms with Gasteiger partial charge in [0.1, 0.15) is 0 Å². The van der Waals surface area contributed by atoms with Crippen molar-refractivity contribution in [3.05, 3.63) is 98.1 Å². The van der Waals surface area contributed by atoms with E-state index in [1.165, 1.54) is 12.1 Å². The highest BCUT2D eigenvalue weighted by atomic mass is 127. The van der Waals surface area contributed by atoms with E-state index in [9.17, 15) is 10.1 Å². The number of nitrogens with zero attached hydrogens (tertiary/aromatic N) is 4. The summed E-state index contributed by atoms with van der Waals surface area (Å²) in [5.74, 6) is 0.396. The maximum absolute atomic E-state index is 10.7. The topological polar surface area (TPSA) is 92.2 Å². The van der Waals surface area contributed by atoms with E-state index in [1.54, 1.807) is 12.1 Å². The number of non-ortho nitro benzene ring substituents is 1. The van der Waals surface area contributed by atoms with Crippen LogP contribution in [0.4, 0.5) is 17.1 Å². The third-order valence-electron chi connectivity index (χ3n) is 3.49. The molecule has 0 amide bonds.